The maximum atomic E-state index is 10.3. The Bertz CT molecular complexity index is 706. The first-order chi connectivity index (χ1) is 9.78. The van der Waals surface area contributed by atoms with Crippen LogP contribution in [-0.4, -0.2) is 17.2 Å². The minimum atomic E-state index is -0.550. The van der Waals surface area contributed by atoms with Gasteiger partial charge in [0.15, 0.2) is 0 Å². The van der Waals surface area contributed by atoms with Gasteiger partial charge in [0.1, 0.15) is 0 Å². The van der Waals surface area contributed by atoms with Crippen molar-refractivity contribution in [1.82, 2.24) is 4.98 Å². The number of benzene rings is 1. The highest BCUT2D eigenvalue weighted by Gasteiger charge is 2.12. The first-order valence-electron chi connectivity index (χ1n) is 6.41. The van der Waals surface area contributed by atoms with Gasteiger partial charge in [-0.05, 0) is 34.0 Å². The Kier molecular flexibility index (Phi) is 3.67. The molecule has 4 heteroatoms. The summed E-state index contributed by atoms with van der Waals surface area (Å²) in [7, 11) is 1.58. The topological polar surface area (TPSA) is 42.4 Å². The van der Waals surface area contributed by atoms with Crippen LogP contribution in [0.1, 0.15) is 17.2 Å². The van der Waals surface area contributed by atoms with Gasteiger partial charge in [-0.15, -0.1) is 11.3 Å². The molecule has 3 nitrogen and oxygen atoms in total. The molecule has 1 atom stereocenters. The average molecular weight is 285 g/mol. The number of thiophene rings is 1. The van der Waals surface area contributed by atoms with Gasteiger partial charge in [0.2, 0.25) is 5.88 Å². The number of methoxy groups -OCH3 is 1. The van der Waals surface area contributed by atoms with Crippen molar-refractivity contribution in [3.63, 3.8) is 0 Å². The van der Waals surface area contributed by atoms with E-state index in [9.17, 15) is 5.11 Å². The largest absolute Gasteiger partial charge is 0.481 e. The predicted octanol–water partition coefficient (Wildman–Crippen LogP) is 3.58. The summed E-state index contributed by atoms with van der Waals surface area (Å²) < 4.78 is 6.27. The van der Waals surface area contributed by atoms with Crippen molar-refractivity contribution in [2.45, 2.75) is 12.5 Å². The van der Waals surface area contributed by atoms with Crippen LogP contribution in [0.3, 0.4) is 0 Å². The van der Waals surface area contributed by atoms with Crippen molar-refractivity contribution >= 4 is 21.4 Å². The molecule has 1 unspecified atom stereocenters. The van der Waals surface area contributed by atoms with Crippen LogP contribution < -0.4 is 4.74 Å². The molecule has 1 aromatic carbocycles. The quantitative estimate of drug-likeness (QED) is 0.796. The van der Waals surface area contributed by atoms with Crippen LogP contribution in [-0.2, 0) is 6.42 Å². The number of hydrogen-bond acceptors (Lipinski definition) is 4. The van der Waals surface area contributed by atoms with Gasteiger partial charge in [-0.2, -0.15) is 0 Å². The molecule has 3 rings (SSSR count). The number of ether oxygens (including phenoxy) is 1. The van der Waals surface area contributed by atoms with Crippen LogP contribution >= 0.6 is 11.3 Å². The van der Waals surface area contributed by atoms with Gasteiger partial charge in [-0.25, -0.2) is 4.98 Å². The van der Waals surface area contributed by atoms with Gasteiger partial charge in [-0.1, -0.05) is 18.2 Å². The molecule has 0 bridgehead atoms. The number of aromatic nitrogens is 1. The zero-order valence-electron chi connectivity index (χ0n) is 11.1. The second-order valence-electron chi connectivity index (χ2n) is 4.61. The molecule has 2 heterocycles. The molecular weight excluding hydrogens is 270 g/mol. The van der Waals surface area contributed by atoms with E-state index in [1.165, 1.54) is 15.6 Å². The lowest BCUT2D eigenvalue weighted by atomic mass is 10.0. The van der Waals surface area contributed by atoms with E-state index in [4.69, 9.17) is 4.74 Å². The highest BCUT2D eigenvalue weighted by molar-refractivity contribution is 7.17. The van der Waals surface area contributed by atoms with Gasteiger partial charge in [0.05, 0.1) is 13.2 Å². The van der Waals surface area contributed by atoms with E-state index in [-0.39, 0.29) is 0 Å². The summed E-state index contributed by atoms with van der Waals surface area (Å²) in [5.74, 6) is 0.557. The second-order valence-corrected chi connectivity index (χ2v) is 5.52. The first kappa shape index (κ1) is 13.1. The number of nitrogens with zero attached hydrogens (tertiary/aromatic N) is 1. The maximum Gasteiger partial charge on any atom is 0.212 e. The van der Waals surface area contributed by atoms with Crippen molar-refractivity contribution in [2.75, 3.05) is 7.11 Å². The normalized spacial score (nSPS) is 12.5. The standard InChI is InChI=1S/C16H15NO2S/c1-19-16-7-6-11(9-17-16)14(18)8-12-10-20-15-5-3-2-4-13(12)15/h2-7,9-10,14,18H,8H2,1H3. The lowest BCUT2D eigenvalue weighted by molar-refractivity contribution is 0.178. The Hall–Kier alpha value is -1.91. The molecule has 0 amide bonds. The summed E-state index contributed by atoms with van der Waals surface area (Å²) in [5.41, 5.74) is 1.98. The van der Waals surface area contributed by atoms with E-state index in [1.54, 1.807) is 30.7 Å². The van der Waals surface area contributed by atoms with Crippen LogP contribution in [0.2, 0.25) is 0 Å². The number of aliphatic hydroxyl groups is 1. The number of aliphatic hydroxyl groups excluding tert-OH is 1. The number of pyridine rings is 1. The highest BCUT2D eigenvalue weighted by atomic mass is 32.1. The predicted molar refractivity (Wildman–Crippen MR) is 81.3 cm³/mol. The molecule has 102 valence electrons. The monoisotopic (exact) mass is 285 g/mol. The molecule has 1 N–H and O–H groups in total. The fourth-order valence-corrected chi connectivity index (χ4v) is 3.20. The third-order valence-corrected chi connectivity index (χ3v) is 4.34. The summed E-state index contributed by atoms with van der Waals surface area (Å²) in [4.78, 5) is 4.13. The Morgan fingerprint density at radius 1 is 1.25 bits per heavy atom. The molecule has 0 saturated heterocycles. The Morgan fingerprint density at radius 3 is 2.85 bits per heavy atom. The molecule has 0 radical (unpaired) electrons. The lowest BCUT2D eigenvalue weighted by Gasteiger charge is -2.10. The maximum absolute atomic E-state index is 10.3. The van der Waals surface area contributed by atoms with Gasteiger partial charge in [-0.3, -0.25) is 0 Å². The van der Waals surface area contributed by atoms with E-state index in [0.29, 0.717) is 12.3 Å². The minimum absolute atomic E-state index is 0.550. The summed E-state index contributed by atoms with van der Waals surface area (Å²) in [5, 5.41) is 13.7. The SMILES string of the molecule is COc1ccc(C(O)Cc2csc3ccccc23)cn1. The van der Waals surface area contributed by atoms with E-state index in [2.05, 4.69) is 22.5 Å². The lowest BCUT2D eigenvalue weighted by Crippen LogP contribution is -2.02. The molecular formula is C16H15NO2S. The van der Waals surface area contributed by atoms with Crippen LogP contribution in [0, 0.1) is 0 Å². The molecule has 0 saturated carbocycles. The van der Waals surface area contributed by atoms with Crippen LogP contribution in [0.25, 0.3) is 10.1 Å². The smallest absolute Gasteiger partial charge is 0.212 e. The molecule has 0 spiro atoms. The Labute approximate surface area is 121 Å². The molecule has 2 aromatic heterocycles. The van der Waals surface area contributed by atoms with E-state index in [0.717, 1.165) is 5.56 Å². The van der Waals surface area contributed by atoms with E-state index < -0.39 is 6.10 Å². The van der Waals surface area contributed by atoms with Gasteiger partial charge in [0.25, 0.3) is 0 Å². The third kappa shape index (κ3) is 2.53. The molecule has 0 aliphatic carbocycles. The summed E-state index contributed by atoms with van der Waals surface area (Å²) in [6.45, 7) is 0. The Balaban J connectivity index is 1.82. The van der Waals surface area contributed by atoms with Gasteiger partial charge in [0, 0.05) is 23.4 Å². The fourth-order valence-electron chi connectivity index (χ4n) is 2.23. The van der Waals surface area contributed by atoms with E-state index >= 15 is 0 Å². The van der Waals surface area contributed by atoms with Crippen molar-refractivity contribution in [2.24, 2.45) is 0 Å². The Morgan fingerprint density at radius 2 is 2.10 bits per heavy atom. The highest BCUT2D eigenvalue weighted by Crippen LogP contribution is 2.29. The zero-order chi connectivity index (χ0) is 13.9. The van der Waals surface area contributed by atoms with Crippen LogP contribution in [0.15, 0.2) is 48.0 Å². The molecule has 20 heavy (non-hydrogen) atoms. The average Bonchev–Trinajstić information content (AvgIpc) is 2.91. The number of fused-ring (bicyclic) bond motifs is 1. The zero-order valence-corrected chi connectivity index (χ0v) is 11.9. The number of hydrogen-bond donors (Lipinski definition) is 1. The first-order valence-corrected chi connectivity index (χ1v) is 7.29. The van der Waals surface area contributed by atoms with Gasteiger partial charge < -0.3 is 9.84 Å². The number of rotatable bonds is 4. The summed E-state index contributed by atoms with van der Waals surface area (Å²) >= 11 is 1.71. The molecule has 0 aliphatic rings. The van der Waals surface area contributed by atoms with Crippen molar-refractivity contribution in [3.05, 3.63) is 59.1 Å². The summed E-state index contributed by atoms with van der Waals surface area (Å²) in [6, 6.07) is 11.9. The second kappa shape index (κ2) is 5.61. The van der Waals surface area contributed by atoms with Crippen molar-refractivity contribution < 1.29 is 9.84 Å². The third-order valence-electron chi connectivity index (χ3n) is 3.33. The molecule has 0 aliphatic heterocycles. The minimum Gasteiger partial charge on any atom is -0.481 e. The van der Waals surface area contributed by atoms with E-state index in [1.807, 2.05) is 18.2 Å². The molecule has 3 aromatic rings. The van der Waals surface area contributed by atoms with Crippen molar-refractivity contribution in [3.8, 4) is 5.88 Å². The van der Waals surface area contributed by atoms with Crippen molar-refractivity contribution in [1.29, 1.82) is 0 Å². The molecule has 0 fully saturated rings. The van der Waals surface area contributed by atoms with Crippen LogP contribution in [0.5, 0.6) is 5.88 Å². The fraction of sp³-hybridized carbons (Fsp3) is 0.188. The summed E-state index contributed by atoms with van der Waals surface area (Å²) in [6.07, 6.45) is 1.71. The van der Waals surface area contributed by atoms with Gasteiger partial charge >= 0.3 is 0 Å². The van der Waals surface area contributed by atoms with Crippen LogP contribution in [0.4, 0.5) is 0 Å².